The Labute approximate surface area is 209 Å². The zero-order valence-electron chi connectivity index (χ0n) is 20.9. The van der Waals surface area contributed by atoms with Crippen molar-refractivity contribution < 1.29 is 43.8 Å². The molecule has 4 N–H and O–H groups in total. The van der Waals surface area contributed by atoms with Crippen molar-refractivity contribution in [2.24, 2.45) is 11.1 Å². The topological polar surface area (TPSA) is 184 Å². The molecule has 36 heavy (non-hydrogen) atoms. The highest BCUT2D eigenvalue weighted by atomic mass is 16.7. The normalized spacial score (nSPS) is 21.4. The van der Waals surface area contributed by atoms with Gasteiger partial charge in [-0.3, -0.25) is 28.9 Å². The number of amides is 2. The minimum Gasteiger partial charge on any atom is -0.481 e. The van der Waals surface area contributed by atoms with Gasteiger partial charge in [0.2, 0.25) is 11.5 Å². The molecule has 1 saturated heterocycles. The lowest BCUT2D eigenvalue weighted by atomic mass is 9.90. The number of carbonyl (C=O) groups excluding carboxylic acids is 3. The maximum Gasteiger partial charge on any atom is 0.305 e. The van der Waals surface area contributed by atoms with Crippen molar-refractivity contribution in [1.82, 2.24) is 15.5 Å². The second-order valence-electron chi connectivity index (χ2n) is 9.66. The van der Waals surface area contributed by atoms with Gasteiger partial charge >= 0.3 is 11.9 Å². The summed E-state index contributed by atoms with van der Waals surface area (Å²) in [6.45, 7) is 6.76. The molecule has 0 bridgehead atoms. The molecule has 0 saturated carbocycles. The molecule has 0 aliphatic carbocycles. The van der Waals surface area contributed by atoms with Gasteiger partial charge in [0.1, 0.15) is 12.6 Å². The SMILES string of the molecule is CC(C)C(NC(=O)CCC(=O)O)C1=NOC(C)(C(=O)NC(CC(=O)O)C(=O)COCN2CCCC2)C1. The summed E-state index contributed by atoms with van der Waals surface area (Å²) < 4.78 is 5.42. The number of hydrogen-bond donors (Lipinski definition) is 4. The fourth-order valence-corrected chi connectivity index (χ4v) is 3.98. The van der Waals surface area contributed by atoms with E-state index in [4.69, 9.17) is 14.7 Å². The van der Waals surface area contributed by atoms with E-state index in [9.17, 15) is 29.1 Å². The first kappa shape index (κ1) is 29.2. The molecule has 0 spiro atoms. The molecule has 0 radical (unpaired) electrons. The van der Waals surface area contributed by atoms with Crippen LogP contribution < -0.4 is 10.6 Å². The first-order chi connectivity index (χ1) is 16.9. The zero-order chi connectivity index (χ0) is 26.9. The molecule has 13 heteroatoms. The first-order valence-electron chi connectivity index (χ1n) is 12.0. The van der Waals surface area contributed by atoms with E-state index in [0.717, 1.165) is 25.9 Å². The van der Waals surface area contributed by atoms with Crippen molar-refractivity contribution in [3.8, 4) is 0 Å². The number of aliphatic carboxylic acids is 2. The predicted octanol–water partition coefficient (Wildman–Crippen LogP) is 0.126. The van der Waals surface area contributed by atoms with Gasteiger partial charge in [0.25, 0.3) is 5.91 Å². The third-order valence-corrected chi connectivity index (χ3v) is 6.06. The van der Waals surface area contributed by atoms with Crippen LogP contribution in [-0.2, 0) is 33.5 Å². The van der Waals surface area contributed by atoms with Gasteiger partial charge in [-0.15, -0.1) is 0 Å². The van der Waals surface area contributed by atoms with E-state index >= 15 is 0 Å². The van der Waals surface area contributed by atoms with Crippen molar-refractivity contribution in [1.29, 1.82) is 0 Å². The summed E-state index contributed by atoms with van der Waals surface area (Å²) in [5.74, 6) is -4.26. The molecule has 2 aliphatic rings. The van der Waals surface area contributed by atoms with Crippen LogP contribution >= 0.6 is 0 Å². The molecule has 0 aromatic heterocycles. The highest BCUT2D eigenvalue weighted by Crippen LogP contribution is 2.27. The molecule has 0 aromatic carbocycles. The Hall–Kier alpha value is -3.06. The minimum atomic E-state index is -1.53. The van der Waals surface area contributed by atoms with Crippen LogP contribution in [0.15, 0.2) is 5.16 Å². The summed E-state index contributed by atoms with van der Waals surface area (Å²) in [4.78, 5) is 67.3. The summed E-state index contributed by atoms with van der Waals surface area (Å²) in [6, 6.07) is -1.91. The van der Waals surface area contributed by atoms with Gasteiger partial charge in [0, 0.05) is 25.9 Å². The molecular weight excluding hydrogens is 476 g/mol. The number of carboxylic acid groups (broad SMARTS) is 2. The lowest BCUT2D eigenvalue weighted by Gasteiger charge is -2.26. The number of oxime groups is 1. The number of ether oxygens (including phenoxy) is 1. The van der Waals surface area contributed by atoms with Gasteiger partial charge in [-0.25, -0.2) is 0 Å². The first-order valence-corrected chi connectivity index (χ1v) is 12.0. The number of Topliss-reactive ketones (excluding diaryl/α,β-unsaturated/α-hetero) is 1. The van der Waals surface area contributed by atoms with Crippen LogP contribution in [0, 0.1) is 5.92 Å². The second-order valence-corrected chi connectivity index (χ2v) is 9.66. The van der Waals surface area contributed by atoms with Crippen LogP contribution in [0.25, 0.3) is 0 Å². The number of nitrogens with one attached hydrogen (secondary N) is 2. The quantitative estimate of drug-likeness (QED) is 0.235. The van der Waals surface area contributed by atoms with E-state index in [-0.39, 0.29) is 38.5 Å². The third-order valence-electron chi connectivity index (χ3n) is 6.06. The number of likely N-dealkylation sites (tertiary alicyclic amines) is 1. The van der Waals surface area contributed by atoms with Gasteiger partial charge in [-0.2, -0.15) is 0 Å². The maximum absolute atomic E-state index is 13.0. The molecular formula is C23H36N4O9. The Balaban J connectivity index is 1.97. The molecule has 202 valence electrons. The Morgan fingerprint density at radius 2 is 1.75 bits per heavy atom. The highest BCUT2D eigenvalue weighted by molar-refractivity contribution is 6.01. The van der Waals surface area contributed by atoms with Crippen LogP contribution in [0.2, 0.25) is 0 Å². The predicted molar refractivity (Wildman–Crippen MR) is 126 cm³/mol. The summed E-state index contributed by atoms with van der Waals surface area (Å²) in [5.41, 5.74) is -1.15. The summed E-state index contributed by atoms with van der Waals surface area (Å²) in [5, 5.41) is 27.2. The zero-order valence-corrected chi connectivity index (χ0v) is 20.9. The molecule has 3 atom stereocenters. The lowest BCUT2D eigenvalue weighted by Crippen LogP contribution is -2.53. The van der Waals surface area contributed by atoms with E-state index in [1.54, 1.807) is 0 Å². The minimum absolute atomic E-state index is 0.0136. The van der Waals surface area contributed by atoms with Gasteiger partial charge in [0.05, 0.1) is 31.3 Å². The Kier molecular flexibility index (Phi) is 10.8. The van der Waals surface area contributed by atoms with E-state index in [1.807, 2.05) is 18.7 Å². The number of carboxylic acids is 2. The smallest absolute Gasteiger partial charge is 0.305 e. The van der Waals surface area contributed by atoms with Crippen LogP contribution in [0.3, 0.4) is 0 Å². The molecule has 3 unspecified atom stereocenters. The van der Waals surface area contributed by atoms with Crippen molar-refractivity contribution in [3.05, 3.63) is 0 Å². The number of hydrogen-bond acceptors (Lipinski definition) is 9. The maximum atomic E-state index is 13.0. The fourth-order valence-electron chi connectivity index (χ4n) is 3.98. The molecule has 0 aromatic rings. The summed E-state index contributed by atoms with van der Waals surface area (Å²) in [6.07, 6.45) is 0.961. The fraction of sp³-hybridized carbons (Fsp3) is 0.739. The van der Waals surface area contributed by atoms with E-state index in [2.05, 4.69) is 15.8 Å². The molecule has 2 heterocycles. The Bertz CT molecular complexity index is 870. The van der Waals surface area contributed by atoms with Crippen molar-refractivity contribution >= 4 is 35.2 Å². The van der Waals surface area contributed by atoms with Gasteiger partial charge in [-0.05, 0) is 25.7 Å². The van der Waals surface area contributed by atoms with Gasteiger partial charge < -0.3 is 30.4 Å². The Morgan fingerprint density at radius 1 is 1.08 bits per heavy atom. The van der Waals surface area contributed by atoms with E-state index in [0.29, 0.717) is 5.71 Å². The lowest BCUT2D eigenvalue weighted by molar-refractivity contribution is -0.147. The molecule has 2 amide bonds. The van der Waals surface area contributed by atoms with Gasteiger partial charge in [0.15, 0.2) is 5.78 Å². The second kappa shape index (κ2) is 13.3. The van der Waals surface area contributed by atoms with Crippen LogP contribution in [0.5, 0.6) is 0 Å². The third kappa shape index (κ3) is 8.86. The summed E-state index contributed by atoms with van der Waals surface area (Å²) in [7, 11) is 0. The largest absolute Gasteiger partial charge is 0.481 e. The number of rotatable bonds is 15. The average molecular weight is 513 g/mol. The molecule has 13 nitrogen and oxygen atoms in total. The summed E-state index contributed by atoms with van der Waals surface area (Å²) >= 11 is 0. The number of nitrogens with zero attached hydrogens (tertiary/aromatic N) is 2. The van der Waals surface area contributed by atoms with Gasteiger partial charge in [-0.1, -0.05) is 19.0 Å². The average Bonchev–Trinajstić information content (AvgIpc) is 3.45. The van der Waals surface area contributed by atoms with Crippen molar-refractivity contribution in [2.45, 2.75) is 77.0 Å². The van der Waals surface area contributed by atoms with Crippen LogP contribution in [0.4, 0.5) is 0 Å². The van der Waals surface area contributed by atoms with Crippen LogP contribution in [-0.4, -0.2) is 94.5 Å². The number of carbonyl (C=O) groups is 5. The standard InChI is InChI=1S/C23H36N4O9/c1-14(2)21(25-18(29)6-7-19(30)31)16-11-23(3,36-26-16)22(34)24-15(10-20(32)33)17(28)12-35-13-27-8-4-5-9-27/h14-15,21H,4-13H2,1-3H3,(H,24,34)(H,25,29)(H,30,31)(H,32,33). The highest BCUT2D eigenvalue weighted by Gasteiger charge is 2.45. The monoisotopic (exact) mass is 512 g/mol. The van der Waals surface area contributed by atoms with Crippen molar-refractivity contribution in [3.63, 3.8) is 0 Å². The molecule has 2 rings (SSSR count). The molecule has 2 aliphatic heterocycles. The van der Waals surface area contributed by atoms with E-state index in [1.165, 1.54) is 6.92 Å². The van der Waals surface area contributed by atoms with Crippen LogP contribution in [0.1, 0.15) is 59.3 Å². The molecule has 1 fully saturated rings. The number of ketones is 1. The van der Waals surface area contributed by atoms with Crippen molar-refractivity contribution in [2.75, 3.05) is 26.4 Å². The Morgan fingerprint density at radius 3 is 2.33 bits per heavy atom. The van der Waals surface area contributed by atoms with E-state index < -0.39 is 53.6 Å².